The Morgan fingerprint density at radius 2 is 2.06 bits per heavy atom. The molecule has 2 rings (SSSR count). The van der Waals surface area contributed by atoms with Gasteiger partial charge in [-0.05, 0) is 26.0 Å². The maximum Gasteiger partial charge on any atom is 0.278 e. The van der Waals surface area contributed by atoms with Crippen LogP contribution in [0.2, 0.25) is 10.2 Å². The molecule has 94 valence electrons. The van der Waals surface area contributed by atoms with Crippen LogP contribution in [-0.2, 0) is 0 Å². The zero-order chi connectivity index (χ0) is 13.3. The molecule has 0 aromatic carbocycles. The summed E-state index contributed by atoms with van der Waals surface area (Å²) in [4.78, 5) is 15.8. The molecule has 0 atom stereocenters. The van der Waals surface area contributed by atoms with Gasteiger partial charge in [0, 0.05) is 5.56 Å². The molecule has 2 aromatic rings. The lowest BCUT2D eigenvalue weighted by Gasteiger charge is -2.03. The van der Waals surface area contributed by atoms with E-state index in [4.69, 9.17) is 27.7 Å². The molecule has 0 aliphatic rings. The predicted molar refractivity (Wildman–Crippen MR) is 68.2 cm³/mol. The van der Waals surface area contributed by atoms with E-state index in [-0.39, 0.29) is 21.8 Å². The van der Waals surface area contributed by atoms with Crippen LogP contribution in [0, 0.1) is 13.8 Å². The lowest BCUT2D eigenvalue weighted by molar-refractivity contribution is 0.101. The molecule has 18 heavy (non-hydrogen) atoms. The summed E-state index contributed by atoms with van der Waals surface area (Å²) in [6.07, 6.45) is 0. The molecule has 0 saturated carbocycles. The van der Waals surface area contributed by atoms with Crippen LogP contribution in [0.25, 0.3) is 0 Å². The third-order valence-electron chi connectivity index (χ3n) is 2.41. The van der Waals surface area contributed by atoms with Gasteiger partial charge in [-0.1, -0.05) is 28.4 Å². The summed E-state index contributed by atoms with van der Waals surface area (Å²) in [5.41, 5.74) is 1.49. The first-order chi connectivity index (χ1) is 8.49. The number of nitrogens with zero attached hydrogens (tertiary/aromatic N) is 2. The van der Waals surface area contributed by atoms with Crippen molar-refractivity contribution >= 4 is 35.0 Å². The van der Waals surface area contributed by atoms with Crippen LogP contribution in [0.3, 0.4) is 0 Å². The van der Waals surface area contributed by atoms with Crippen molar-refractivity contribution in [3.05, 3.63) is 39.3 Å². The fourth-order valence-corrected chi connectivity index (χ4v) is 1.61. The van der Waals surface area contributed by atoms with E-state index in [0.717, 1.165) is 5.56 Å². The second-order valence-corrected chi connectivity index (χ2v) is 4.44. The van der Waals surface area contributed by atoms with Gasteiger partial charge in [0.1, 0.15) is 10.8 Å². The summed E-state index contributed by atoms with van der Waals surface area (Å²) in [6, 6.07) is 3.01. The van der Waals surface area contributed by atoms with Crippen LogP contribution in [0.15, 0.2) is 16.7 Å². The molecule has 0 radical (unpaired) electrons. The van der Waals surface area contributed by atoms with Crippen LogP contribution in [0.1, 0.15) is 21.7 Å². The fraction of sp³-hybridized carbons (Fsp3) is 0.182. The summed E-state index contributed by atoms with van der Waals surface area (Å²) in [5.74, 6) is -0.225. The van der Waals surface area contributed by atoms with Crippen LogP contribution < -0.4 is 5.32 Å². The zero-order valence-electron chi connectivity index (χ0n) is 9.62. The molecular weight excluding hydrogens is 277 g/mol. The highest BCUT2D eigenvalue weighted by molar-refractivity contribution is 6.35. The topological polar surface area (TPSA) is 68.0 Å². The van der Waals surface area contributed by atoms with Gasteiger partial charge in [0.05, 0.1) is 10.7 Å². The number of halogens is 2. The molecule has 5 nitrogen and oxygen atoms in total. The lowest BCUT2D eigenvalue weighted by atomic mass is 10.2. The first-order valence-electron chi connectivity index (χ1n) is 5.05. The van der Waals surface area contributed by atoms with Crippen molar-refractivity contribution < 1.29 is 9.32 Å². The summed E-state index contributed by atoms with van der Waals surface area (Å²) >= 11 is 11.6. The Hall–Kier alpha value is -1.59. The number of rotatable bonds is 2. The van der Waals surface area contributed by atoms with Crippen molar-refractivity contribution in [2.45, 2.75) is 13.8 Å². The van der Waals surface area contributed by atoms with E-state index in [1.807, 2.05) is 0 Å². The number of aryl methyl sites for hydroxylation is 1. The van der Waals surface area contributed by atoms with E-state index < -0.39 is 5.91 Å². The highest BCUT2D eigenvalue weighted by atomic mass is 35.5. The standard InChI is InChI=1S/C11H9Cl2N3O2/c1-5-6(2)16-18-11(5)15-10(17)9-7(12)3-4-8(13)14-9/h3-4H,1-2H3,(H,15,17). The summed E-state index contributed by atoms with van der Waals surface area (Å²) in [6.45, 7) is 3.56. The monoisotopic (exact) mass is 285 g/mol. The highest BCUT2D eigenvalue weighted by Crippen LogP contribution is 2.21. The van der Waals surface area contributed by atoms with Crippen molar-refractivity contribution in [2.24, 2.45) is 0 Å². The molecule has 2 heterocycles. The normalized spacial score (nSPS) is 10.4. The maximum atomic E-state index is 11.9. The van der Waals surface area contributed by atoms with E-state index in [1.54, 1.807) is 13.8 Å². The summed E-state index contributed by atoms with van der Waals surface area (Å²) in [5, 5.41) is 6.68. The van der Waals surface area contributed by atoms with Gasteiger partial charge >= 0.3 is 0 Å². The van der Waals surface area contributed by atoms with Crippen molar-refractivity contribution in [2.75, 3.05) is 5.32 Å². The molecule has 2 aromatic heterocycles. The average Bonchev–Trinajstić information content (AvgIpc) is 2.64. The second-order valence-electron chi connectivity index (χ2n) is 3.64. The first kappa shape index (κ1) is 12.9. The highest BCUT2D eigenvalue weighted by Gasteiger charge is 2.17. The fourth-order valence-electron chi connectivity index (χ4n) is 1.27. The molecule has 1 amide bonds. The third-order valence-corrected chi connectivity index (χ3v) is 2.93. The van der Waals surface area contributed by atoms with Gasteiger partial charge in [-0.2, -0.15) is 0 Å². The largest absolute Gasteiger partial charge is 0.338 e. The molecule has 0 aliphatic carbocycles. The van der Waals surface area contributed by atoms with E-state index in [1.165, 1.54) is 12.1 Å². The van der Waals surface area contributed by atoms with Crippen LogP contribution in [-0.4, -0.2) is 16.0 Å². The second kappa shape index (κ2) is 4.96. The van der Waals surface area contributed by atoms with Gasteiger partial charge in [0.2, 0.25) is 5.88 Å². The quantitative estimate of drug-likeness (QED) is 0.860. The number of hydrogen-bond acceptors (Lipinski definition) is 4. The number of pyridine rings is 1. The number of carbonyl (C=O) groups is 1. The molecule has 0 fully saturated rings. The number of amides is 1. The van der Waals surface area contributed by atoms with E-state index >= 15 is 0 Å². The van der Waals surface area contributed by atoms with Gasteiger partial charge in [-0.25, -0.2) is 4.98 Å². The SMILES string of the molecule is Cc1noc(NC(=O)c2nc(Cl)ccc2Cl)c1C. The van der Waals surface area contributed by atoms with Crippen LogP contribution >= 0.6 is 23.2 Å². The third kappa shape index (κ3) is 2.47. The Kier molecular flexibility index (Phi) is 3.54. The Morgan fingerprint density at radius 1 is 1.33 bits per heavy atom. The van der Waals surface area contributed by atoms with Crippen LogP contribution in [0.4, 0.5) is 5.88 Å². The number of hydrogen-bond donors (Lipinski definition) is 1. The molecule has 1 N–H and O–H groups in total. The van der Waals surface area contributed by atoms with Crippen molar-refractivity contribution in [3.8, 4) is 0 Å². The Bertz CT molecular complexity index is 610. The number of nitrogens with one attached hydrogen (secondary N) is 1. The predicted octanol–water partition coefficient (Wildman–Crippen LogP) is 3.25. The van der Waals surface area contributed by atoms with Gasteiger partial charge in [-0.3, -0.25) is 10.1 Å². The van der Waals surface area contributed by atoms with E-state index in [2.05, 4.69) is 15.5 Å². The van der Waals surface area contributed by atoms with E-state index in [9.17, 15) is 4.79 Å². The number of aromatic nitrogens is 2. The summed E-state index contributed by atoms with van der Waals surface area (Å²) in [7, 11) is 0. The van der Waals surface area contributed by atoms with Crippen molar-refractivity contribution in [3.63, 3.8) is 0 Å². The molecule has 0 unspecified atom stereocenters. The molecule has 0 bridgehead atoms. The van der Waals surface area contributed by atoms with Crippen LogP contribution in [0.5, 0.6) is 0 Å². The lowest BCUT2D eigenvalue weighted by Crippen LogP contribution is -2.14. The Labute approximate surface area is 113 Å². The molecule has 0 saturated heterocycles. The Balaban J connectivity index is 2.27. The van der Waals surface area contributed by atoms with E-state index in [0.29, 0.717) is 5.69 Å². The number of carbonyl (C=O) groups excluding carboxylic acids is 1. The van der Waals surface area contributed by atoms with Gasteiger partial charge < -0.3 is 4.52 Å². The number of anilines is 1. The maximum absolute atomic E-state index is 11.9. The average molecular weight is 286 g/mol. The molecular formula is C11H9Cl2N3O2. The first-order valence-corrected chi connectivity index (χ1v) is 5.81. The Morgan fingerprint density at radius 3 is 2.67 bits per heavy atom. The minimum Gasteiger partial charge on any atom is -0.338 e. The van der Waals surface area contributed by atoms with Gasteiger partial charge in [-0.15, -0.1) is 0 Å². The summed E-state index contributed by atoms with van der Waals surface area (Å²) < 4.78 is 4.97. The van der Waals surface area contributed by atoms with Crippen molar-refractivity contribution in [1.82, 2.24) is 10.1 Å². The minimum absolute atomic E-state index is 0.0395. The zero-order valence-corrected chi connectivity index (χ0v) is 11.1. The van der Waals surface area contributed by atoms with Crippen molar-refractivity contribution in [1.29, 1.82) is 0 Å². The molecule has 7 heteroatoms. The smallest absolute Gasteiger partial charge is 0.278 e. The minimum atomic E-state index is -0.498. The molecule has 0 aliphatic heterocycles. The molecule has 0 spiro atoms. The van der Waals surface area contributed by atoms with Gasteiger partial charge in [0.25, 0.3) is 5.91 Å². The van der Waals surface area contributed by atoms with Gasteiger partial charge in [0.15, 0.2) is 0 Å².